The molecule has 14 heteroatoms. The predicted molar refractivity (Wildman–Crippen MR) is 400 cm³/mol. The Labute approximate surface area is 573 Å². The summed E-state index contributed by atoms with van der Waals surface area (Å²) in [6, 6.07) is 49.4. The lowest BCUT2D eigenvalue weighted by Gasteiger charge is -2.22. The van der Waals surface area contributed by atoms with Gasteiger partial charge in [-0.3, -0.25) is 9.59 Å². The number of aryl methyl sites for hydroxylation is 6. The minimum absolute atomic E-state index is 0.0309. The van der Waals surface area contributed by atoms with Crippen molar-refractivity contribution in [3.63, 3.8) is 0 Å². The van der Waals surface area contributed by atoms with Gasteiger partial charge in [0.15, 0.2) is 0 Å². The summed E-state index contributed by atoms with van der Waals surface area (Å²) in [4.78, 5) is 43.6. The van der Waals surface area contributed by atoms with Gasteiger partial charge in [-0.15, -0.1) is 0 Å². The van der Waals surface area contributed by atoms with Gasteiger partial charge in [-0.05, 0) is 95.1 Å². The SMILES string of the molecule is CO/C=C/C(C)(C)c1cn(C)c2ccccc12.Cn1cc(C(C)(C)C=O)c2ccccc21.Cn1cc(C(C)(C)CC(=O)O)c2ccccc21.Cn1cc(C(C)(C)CC(=O)O)c2ccccc21.Cn1cc(C(C)(C)CC=O)c2ccccc21.Cn1cc(C(C)(C)CO)c2ccccc21. The normalized spacial score (nSPS) is 12.1. The van der Waals surface area contributed by atoms with E-state index in [4.69, 9.17) is 14.9 Å². The molecule has 0 aliphatic rings. The third-order valence-corrected chi connectivity index (χ3v) is 18.8. The molecule has 0 bridgehead atoms. The number of aliphatic hydroxyl groups is 1. The standard InChI is InChI=1S/C15H19NO.2C14H17NO2.C14H17NO.C13H17NO.C13H15NO/c1-15(2,9-10-17-4)13-11-16(3)14-8-6-5-7-12(13)14;2*1-14(2,8-13(16)17)11-9-15(3)12-7-5-4-6-10(11)12;1-14(2,8-9-16)12-10-15(3)13-7-5-4-6-11(12)13;2*1-13(2,9-15)11-8-14(3)12-7-5-4-6-10(11)12/h5-11H,1-4H3;2*4-7,9H,8H2,1-3H3,(H,16,17);4-7,9-10H,8H2,1-3H3;4-8,15H,9H2,1-3H3;4-9H,1-3H3/b10-9+;;;;;. The molecule has 14 nitrogen and oxygen atoms in total. The zero-order chi connectivity index (χ0) is 71.6. The fourth-order valence-electron chi connectivity index (χ4n) is 13.0. The van der Waals surface area contributed by atoms with Crippen molar-refractivity contribution in [3.05, 3.63) is 228 Å². The lowest BCUT2D eigenvalue weighted by molar-refractivity contribution is -0.139. The highest BCUT2D eigenvalue weighted by atomic mass is 16.5. The number of hydrogen-bond donors (Lipinski definition) is 3. The molecule has 0 unspecified atom stereocenters. The minimum Gasteiger partial charge on any atom is -0.505 e. The second-order valence-corrected chi connectivity index (χ2v) is 29.3. The van der Waals surface area contributed by atoms with Crippen LogP contribution in [0.4, 0.5) is 0 Å². The monoisotopic (exact) mass is 1310 g/mol. The molecule has 12 rings (SSSR count). The first-order valence-electron chi connectivity index (χ1n) is 33.0. The van der Waals surface area contributed by atoms with E-state index in [9.17, 15) is 24.3 Å². The van der Waals surface area contributed by atoms with Gasteiger partial charge in [0.05, 0.1) is 32.8 Å². The number of nitrogens with zero attached hydrogens (tertiary/aromatic N) is 6. The number of aliphatic carboxylic acids is 2. The highest BCUT2D eigenvalue weighted by molar-refractivity contribution is 5.91. The molecule has 97 heavy (non-hydrogen) atoms. The number of methoxy groups -OCH3 is 1. The van der Waals surface area contributed by atoms with Crippen molar-refractivity contribution < 1.29 is 39.2 Å². The maximum Gasteiger partial charge on any atom is 0.304 e. The number of aromatic nitrogens is 6. The Morgan fingerprint density at radius 3 is 0.856 bits per heavy atom. The number of hydrogen-bond acceptors (Lipinski definition) is 6. The number of carbonyl (C=O) groups is 4. The summed E-state index contributed by atoms with van der Waals surface area (Å²) in [6.45, 7) is 24.7. The molecule has 0 aliphatic carbocycles. The van der Waals surface area contributed by atoms with Crippen LogP contribution in [-0.2, 0) is 98.7 Å². The Kier molecular flexibility index (Phi) is 23.6. The Bertz CT molecular complexity index is 4630. The number of fused-ring (bicyclic) bond motifs is 6. The van der Waals surface area contributed by atoms with Crippen LogP contribution in [0.15, 0.2) is 195 Å². The van der Waals surface area contributed by atoms with Crippen molar-refractivity contribution >= 4 is 89.9 Å². The van der Waals surface area contributed by atoms with E-state index in [1.165, 1.54) is 54.9 Å². The number of aldehydes is 2. The van der Waals surface area contributed by atoms with Crippen LogP contribution in [0.25, 0.3) is 65.4 Å². The molecule has 6 aromatic carbocycles. The van der Waals surface area contributed by atoms with Crippen molar-refractivity contribution in [2.45, 2.75) is 135 Å². The van der Waals surface area contributed by atoms with E-state index in [0.29, 0.717) is 6.42 Å². The molecule has 0 radical (unpaired) electrons. The largest absolute Gasteiger partial charge is 0.505 e. The van der Waals surface area contributed by atoms with Crippen LogP contribution in [0.3, 0.4) is 0 Å². The summed E-state index contributed by atoms with van der Waals surface area (Å²) < 4.78 is 17.6. The zero-order valence-corrected chi connectivity index (χ0v) is 60.5. The van der Waals surface area contributed by atoms with Crippen molar-refractivity contribution in [2.24, 2.45) is 42.3 Å². The van der Waals surface area contributed by atoms with Gasteiger partial charge in [0.2, 0.25) is 0 Å². The molecule has 0 atom stereocenters. The van der Waals surface area contributed by atoms with Gasteiger partial charge in [-0.2, -0.15) is 0 Å². The van der Waals surface area contributed by atoms with Crippen molar-refractivity contribution in [2.75, 3.05) is 13.7 Å². The number of carbonyl (C=O) groups excluding carboxylic acids is 2. The molecular weight excluding hydrogens is 1210 g/mol. The van der Waals surface area contributed by atoms with E-state index in [-0.39, 0.29) is 46.5 Å². The predicted octanol–water partition coefficient (Wildman–Crippen LogP) is 17.6. The van der Waals surface area contributed by atoms with Crippen LogP contribution >= 0.6 is 0 Å². The quantitative estimate of drug-likeness (QED) is 0.0635. The molecule has 0 fully saturated rings. The molecule has 12 aromatic rings. The summed E-state index contributed by atoms with van der Waals surface area (Å²) >= 11 is 0. The third-order valence-electron chi connectivity index (χ3n) is 18.8. The second kappa shape index (κ2) is 30.6. The van der Waals surface area contributed by atoms with Crippen molar-refractivity contribution in [1.29, 1.82) is 0 Å². The fraction of sp³-hybridized carbons (Fsp3) is 0.349. The Hall–Kier alpha value is -9.66. The fourth-order valence-corrected chi connectivity index (χ4v) is 13.0. The van der Waals surface area contributed by atoms with E-state index in [1.807, 2.05) is 177 Å². The number of aliphatic hydroxyl groups excluding tert-OH is 1. The first-order chi connectivity index (χ1) is 45.6. The molecule has 6 heterocycles. The average Bonchev–Trinajstić information content (AvgIpc) is 1.70. The molecule has 512 valence electrons. The van der Waals surface area contributed by atoms with Gasteiger partial charge in [-0.25, -0.2) is 0 Å². The molecule has 0 amide bonds. The van der Waals surface area contributed by atoms with Crippen molar-refractivity contribution in [3.8, 4) is 0 Å². The van der Waals surface area contributed by atoms with E-state index < -0.39 is 17.4 Å². The average molecular weight is 1310 g/mol. The smallest absolute Gasteiger partial charge is 0.304 e. The lowest BCUT2D eigenvalue weighted by atomic mass is 9.81. The van der Waals surface area contributed by atoms with Crippen LogP contribution in [0.5, 0.6) is 0 Å². The number of rotatable bonds is 16. The van der Waals surface area contributed by atoms with Crippen LogP contribution in [-0.4, -0.2) is 80.9 Å². The van der Waals surface area contributed by atoms with Crippen molar-refractivity contribution in [1.82, 2.24) is 27.4 Å². The van der Waals surface area contributed by atoms with Crippen LogP contribution in [0.1, 0.15) is 136 Å². The van der Waals surface area contributed by atoms with E-state index in [0.717, 1.165) is 56.5 Å². The van der Waals surface area contributed by atoms with E-state index in [2.05, 4.69) is 164 Å². The Morgan fingerprint density at radius 1 is 0.371 bits per heavy atom. The summed E-state index contributed by atoms with van der Waals surface area (Å²) in [5.74, 6) is -1.52. The third kappa shape index (κ3) is 17.1. The van der Waals surface area contributed by atoms with Crippen LogP contribution < -0.4 is 0 Å². The topological polar surface area (TPSA) is 168 Å². The minimum atomic E-state index is -0.761. The first-order valence-corrected chi connectivity index (χ1v) is 33.0. The molecule has 0 saturated heterocycles. The molecule has 0 saturated carbocycles. The first kappa shape index (κ1) is 74.7. The van der Waals surface area contributed by atoms with E-state index >= 15 is 0 Å². The molecule has 0 spiro atoms. The van der Waals surface area contributed by atoms with Gasteiger partial charge >= 0.3 is 11.9 Å². The van der Waals surface area contributed by atoms with Gasteiger partial charge in [0.1, 0.15) is 12.6 Å². The number of carboxylic acids is 2. The summed E-state index contributed by atoms with van der Waals surface area (Å²) in [7, 11) is 13.8. The van der Waals surface area contributed by atoms with Gasteiger partial charge in [-0.1, -0.05) is 178 Å². The number of ether oxygens (including phenoxy) is 1. The lowest BCUT2D eigenvalue weighted by Crippen LogP contribution is -2.21. The number of benzene rings is 6. The Balaban J connectivity index is 0.000000164. The summed E-state index contributed by atoms with van der Waals surface area (Å²) in [6.07, 6.45) is 19.2. The number of para-hydroxylation sites is 6. The number of carboxylic acid groups (broad SMARTS) is 2. The van der Waals surface area contributed by atoms with E-state index in [1.54, 1.807) is 13.4 Å². The maximum absolute atomic E-state index is 11.1. The second-order valence-electron chi connectivity index (χ2n) is 29.3. The number of allylic oxidation sites excluding steroid dienone is 1. The maximum atomic E-state index is 11.1. The molecular formula is C83H102N6O8. The van der Waals surface area contributed by atoms with Crippen LogP contribution in [0.2, 0.25) is 0 Å². The zero-order valence-electron chi connectivity index (χ0n) is 60.5. The molecule has 0 aliphatic heterocycles. The summed E-state index contributed by atoms with van der Waals surface area (Å²) in [5, 5.41) is 34.6. The molecule has 6 aromatic heterocycles. The highest BCUT2D eigenvalue weighted by Gasteiger charge is 2.30. The van der Waals surface area contributed by atoms with Crippen LogP contribution in [0, 0.1) is 0 Å². The molecule has 3 N–H and O–H groups in total. The van der Waals surface area contributed by atoms with Gasteiger partial charge in [0.25, 0.3) is 0 Å². The Morgan fingerprint density at radius 2 is 0.608 bits per heavy atom. The van der Waals surface area contributed by atoms with Gasteiger partial charge in [0, 0.05) is 178 Å². The summed E-state index contributed by atoms with van der Waals surface area (Å²) in [5.41, 5.74) is 12.8. The highest BCUT2D eigenvalue weighted by Crippen LogP contribution is 2.38. The van der Waals surface area contributed by atoms with Gasteiger partial charge < -0.3 is 57.0 Å².